The topological polar surface area (TPSA) is 65.0 Å². The largest absolute Gasteiger partial charge is 0.456 e. The smallest absolute Gasteiger partial charge is 0.167 e. The standard InChI is InChI=1S/C56H39N3O2/c1-32-15-5-6-17-35(32)49-33(2)16-11-22-40(49)53-57-54(59-55(58-53)42-24-12-21-38-37-18-8-10-27-46(37)61-52(38)42)41-23-14-28-48-51(41)43-31-34(29-30-47(43)60-48)36-20-13-26-45-50(36)39-19-7-9-25-44(39)56(45,3)4/h5-31H,1-4H3. The fourth-order valence-corrected chi connectivity index (χ4v) is 9.90. The lowest BCUT2D eigenvalue weighted by Crippen LogP contribution is -2.14. The predicted molar refractivity (Wildman–Crippen MR) is 249 cm³/mol. The van der Waals surface area contributed by atoms with Crippen LogP contribution in [0.1, 0.15) is 36.1 Å². The van der Waals surface area contributed by atoms with Crippen LogP contribution in [-0.2, 0) is 5.41 Å². The molecular formula is C56H39N3O2. The molecule has 0 N–H and O–H groups in total. The van der Waals surface area contributed by atoms with Crippen LogP contribution in [0.5, 0.6) is 0 Å². The Bertz CT molecular complexity index is 3610. The zero-order chi connectivity index (χ0) is 41.0. The molecule has 0 bridgehead atoms. The van der Waals surface area contributed by atoms with Gasteiger partial charge in [0.15, 0.2) is 17.5 Å². The summed E-state index contributed by atoms with van der Waals surface area (Å²) in [6.07, 6.45) is 0. The van der Waals surface area contributed by atoms with Crippen molar-refractivity contribution in [2.45, 2.75) is 33.1 Å². The molecule has 1 aliphatic rings. The molecular weight excluding hydrogens is 747 g/mol. The third kappa shape index (κ3) is 5.30. The van der Waals surface area contributed by atoms with Crippen molar-refractivity contribution in [1.29, 1.82) is 0 Å². The zero-order valence-corrected chi connectivity index (χ0v) is 34.2. The lowest BCUT2D eigenvalue weighted by molar-refractivity contribution is 0.660. The summed E-state index contributed by atoms with van der Waals surface area (Å²) in [5.74, 6) is 1.68. The number of para-hydroxylation sites is 2. The molecule has 0 unspecified atom stereocenters. The van der Waals surface area contributed by atoms with Gasteiger partial charge in [-0.2, -0.15) is 0 Å². The van der Waals surface area contributed by atoms with Gasteiger partial charge in [-0.3, -0.25) is 0 Å². The van der Waals surface area contributed by atoms with E-state index in [9.17, 15) is 0 Å². The number of rotatable bonds is 5. The summed E-state index contributed by atoms with van der Waals surface area (Å²) in [6, 6.07) is 57.5. The van der Waals surface area contributed by atoms with Crippen molar-refractivity contribution >= 4 is 43.9 Å². The second-order valence-corrected chi connectivity index (χ2v) is 16.8. The van der Waals surface area contributed by atoms with E-state index in [-0.39, 0.29) is 5.41 Å². The van der Waals surface area contributed by atoms with E-state index < -0.39 is 0 Å². The van der Waals surface area contributed by atoms with Gasteiger partial charge in [-0.1, -0.05) is 147 Å². The molecule has 61 heavy (non-hydrogen) atoms. The summed E-state index contributed by atoms with van der Waals surface area (Å²) in [5, 5.41) is 4.03. The highest BCUT2D eigenvalue weighted by Gasteiger charge is 2.36. The molecule has 8 aromatic carbocycles. The molecule has 11 aromatic rings. The molecule has 0 amide bonds. The summed E-state index contributed by atoms with van der Waals surface area (Å²) < 4.78 is 13.2. The van der Waals surface area contributed by atoms with Gasteiger partial charge in [-0.25, -0.2) is 15.0 Å². The van der Waals surface area contributed by atoms with Gasteiger partial charge < -0.3 is 8.83 Å². The minimum Gasteiger partial charge on any atom is -0.456 e. The van der Waals surface area contributed by atoms with Gasteiger partial charge in [-0.05, 0) is 99.8 Å². The Kier molecular flexibility index (Phi) is 7.64. The SMILES string of the molecule is Cc1ccccc1-c1c(C)cccc1-c1nc(-c2cccc3c2oc2ccccc23)nc(-c2cccc3oc4ccc(-c5cccc6c5-c5ccccc5C6(C)C)cc4c23)n1. The lowest BCUT2D eigenvalue weighted by atomic mass is 9.82. The van der Waals surface area contributed by atoms with Crippen LogP contribution in [0.3, 0.4) is 0 Å². The molecule has 0 radical (unpaired) electrons. The van der Waals surface area contributed by atoms with E-state index in [1.54, 1.807) is 0 Å². The van der Waals surface area contributed by atoms with Crippen molar-refractivity contribution in [2.24, 2.45) is 0 Å². The maximum absolute atomic E-state index is 6.63. The van der Waals surface area contributed by atoms with Gasteiger partial charge in [0, 0.05) is 38.1 Å². The van der Waals surface area contributed by atoms with Crippen molar-refractivity contribution in [3.05, 3.63) is 186 Å². The van der Waals surface area contributed by atoms with Gasteiger partial charge >= 0.3 is 0 Å². The van der Waals surface area contributed by atoms with Crippen molar-refractivity contribution in [1.82, 2.24) is 15.0 Å². The van der Waals surface area contributed by atoms with E-state index in [1.807, 2.05) is 36.4 Å². The summed E-state index contributed by atoms with van der Waals surface area (Å²) in [6.45, 7) is 8.96. The van der Waals surface area contributed by atoms with E-state index in [4.69, 9.17) is 23.8 Å². The minimum absolute atomic E-state index is 0.0985. The number of furan rings is 2. The third-order valence-corrected chi connectivity index (χ3v) is 12.9. The molecule has 0 saturated carbocycles. The lowest BCUT2D eigenvalue weighted by Gasteiger charge is -2.21. The van der Waals surface area contributed by atoms with Crippen LogP contribution in [0, 0.1) is 13.8 Å². The Labute approximate surface area is 353 Å². The van der Waals surface area contributed by atoms with Crippen LogP contribution in [0.15, 0.2) is 173 Å². The molecule has 5 nitrogen and oxygen atoms in total. The average Bonchev–Trinajstić information content (AvgIpc) is 3.94. The molecule has 1 aliphatic carbocycles. The fourth-order valence-electron chi connectivity index (χ4n) is 9.90. The summed E-state index contributed by atoms with van der Waals surface area (Å²) in [4.78, 5) is 16.1. The third-order valence-electron chi connectivity index (χ3n) is 12.9. The van der Waals surface area contributed by atoms with Gasteiger partial charge in [0.2, 0.25) is 0 Å². The number of aromatic nitrogens is 3. The Balaban J connectivity index is 1.12. The molecule has 0 aliphatic heterocycles. The van der Waals surface area contributed by atoms with Gasteiger partial charge in [-0.15, -0.1) is 0 Å². The molecule has 0 saturated heterocycles. The van der Waals surface area contributed by atoms with Crippen LogP contribution in [0.25, 0.3) is 111 Å². The van der Waals surface area contributed by atoms with Gasteiger partial charge in [0.05, 0.1) is 5.56 Å². The first-order chi connectivity index (χ1) is 29.8. The van der Waals surface area contributed by atoms with E-state index in [1.165, 1.54) is 33.4 Å². The number of nitrogens with zero attached hydrogens (tertiary/aromatic N) is 3. The van der Waals surface area contributed by atoms with E-state index in [0.717, 1.165) is 82.8 Å². The second-order valence-electron chi connectivity index (χ2n) is 16.8. The minimum atomic E-state index is -0.0985. The van der Waals surface area contributed by atoms with E-state index >= 15 is 0 Å². The maximum Gasteiger partial charge on any atom is 0.167 e. The van der Waals surface area contributed by atoms with Crippen molar-refractivity contribution < 1.29 is 8.83 Å². The Morgan fingerprint density at radius 3 is 1.84 bits per heavy atom. The number of aryl methyl sites for hydroxylation is 2. The van der Waals surface area contributed by atoms with Crippen molar-refractivity contribution in [3.63, 3.8) is 0 Å². The highest BCUT2D eigenvalue weighted by Crippen LogP contribution is 2.52. The molecule has 3 heterocycles. The van der Waals surface area contributed by atoms with Crippen LogP contribution in [-0.4, -0.2) is 15.0 Å². The van der Waals surface area contributed by atoms with Crippen LogP contribution in [0.2, 0.25) is 0 Å². The first kappa shape index (κ1) is 35.3. The maximum atomic E-state index is 6.63. The van der Waals surface area contributed by atoms with Gasteiger partial charge in [0.25, 0.3) is 0 Å². The molecule has 3 aromatic heterocycles. The Morgan fingerprint density at radius 1 is 0.393 bits per heavy atom. The van der Waals surface area contributed by atoms with E-state index in [0.29, 0.717) is 17.5 Å². The first-order valence-corrected chi connectivity index (χ1v) is 20.9. The number of hydrogen-bond acceptors (Lipinski definition) is 5. The van der Waals surface area contributed by atoms with Gasteiger partial charge in [0.1, 0.15) is 22.3 Å². The molecule has 5 heteroatoms. The molecule has 0 spiro atoms. The second kappa shape index (κ2) is 13.2. The number of hydrogen-bond donors (Lipinski definition) is 0. The summed E-state index contributed by atoms with van der Waals surface area (Å²) in [7, 11) is 0. The fraction of sp³-hybridized carbons (Fsp3) is 0.0893. The average molecular weight is 786 g/mol. The van der Waals surface area contributed by atoms with Crippen LogP contribution >= 0.6 is 0 Å². The Morgan fingerprint density at radius 2 is 0.967 bits per heavy atom. The van der Waals surface area contributed by atoms with Crippen LogP contribution in [0.4, 0.5) is 0 Å². The summed E-state index contributed by atoms with van der Waals surface area (Å²) >= 11 is 0. The monoisotopic (exact) mass is 785 g/mol. The molecule has 0 atom stereocenters. The quantitative estimate of drug-likeness (QED) is 0.174. The Hall–Kier alpha value is -7.63. The highest BCUT2D eigenvalue weighted by molar-refractivity contribution is 6.14. The number of fused-ring (bicyclic) bond motifs is 9. The zero-order valence-electron chi connectivity index (χ0n) is 34.2. The highest BCUT2D eigenvalue weighted by atomic mass is 16.3. The first-order valence-electron chi connectivity index (χ1n) is 20.9. The summed E-state index contributed by atoms with van der Waals surface area (Å²) in [5.41, 5.74) is 17.8. The molecule has 0 fully saturated rings. The van der Waals surface area contributed by atoms with Crippen LogP contribution < -0.4 is 0 Å². The predicted octanol–water partition coefficient (Wildman–Crippen LogP) is 14.9. The van der Waals surface area contributed by atoms with E-state index in [2.05, 4.69) is 155 Å². The van der Waals surface area contributed by atoms with Crippen molar-refractivity contribution in [2.75, 3.05) is 0 Å². The normalized spacial score (nSPS) is 13.0. The number of benzene rings is 8. The van der Waals surface area contributed by atoms with Crippen molar-refractivity contribution in [3.8, 4) is 67.5 Å². The molecule has 290 valence electrons. The molecule has 12 rings (SSSR count).